The van der Waals surface area contributed by atoms with Crippen LogP contribution in [0.4, 0.5) is 5.69 Å². The fraction of sp³-hybridized carbons (Fsp3) is 0.429. The highest BCUT2D eigenvalue weighted by molar-refractivity contribution is 5.77. The van der Waals surface area contributed by atoms with Crippen LogP contribution in [0.15, 0.2) is 22.7 Å². The summed E-state index contributed by atoms with van der Waals surface area (Å²) in [5.41, 5.74) is 0.749. The number of nitro groups is 1. The number of rotatable bonds is 10. The van der Waals surface area contributed by atoms with E-state index in [1.54, 1.807) is 24.3 Å². The quantitative estimate of drug-likeness (QED) is 0.449. The third-order valence-electron chi connectivity index (χ3n) is 4.64. The van der Waals surface area contributed by atoms with Crippen LogP contribution in [0.25, 0.3) is 12.2 Å². The Kier molecular flexibility index (Phi) is 7.60. The van der Waals surface area contributed by atoms with Gasteiger partial charge in [0.1, 0.15) is 0 Å². The van der Waals surface area contributed by atoms with Gasteiger partial charge in [0, 0.05) is 13.2 Å². The minimum atomic E-state index is -0.530. The molecule has 1 fully saturated rings. The monoisotopic (exact) mass is 431 g/mol. The van der Waals surface area contributed by atoms with Gasteiger partial charge in [-0.3, -0.25) is 14.9 Å². The van der Waals surface area contributed by atoms with Gasteiger partial charge in [-0.2, -0.15) is 0 Å². The average Bonchev–Trinajstić information content (AvgIpc) is 3.39. The predicted molar refractivity (Wildman–Crippen MR) is 112 cm³/mol. The number of ether oxygens (including phenoxy) is 3. The van der Waals surface area contributed by atoms with Crippen molar-refractivity contribution in [3.05, 3.63) is 45.3 Å². The molecule has 0 radical (unpaired) electrons. The second-order valence-corrected chi connectivity index (χ2v) is 6.94. The second-order valence-electron chi connectivity index (χ2n) is 6.94. The summed E-state index contributed by atoms with van der Waals surface area (Å²) >= 11 is 0. The number of benzene rings is 1. The van der Waals surface area contributed by atoms with E-state index in [-0.39, 0.29) is 35.8 Å². The van der Waals surface area contributed by atoms with Crippen molar-refractivity contribution >= 4 is 23.7 Å². The average molecular weight is 431 g/mol. The van der Waals surface area contributed by atoms with Crippen LogP contribution in [-0.2, 0) is 9.53 Å². The number of nitrogens with zero attached hydrogens (tertiary/aromatic N) is 2. The third-order valence-corrected chi connectivity index (χ3v) is 4.64. The molecule has 1 amide bonds. The van der Waals surface area contributed by atoms with Crippen LogP contribution in [-0.4, -0.2) is 48.5 Å². The highest BCUT2D eigenvalue weighted by Crippen LogP contribution is 2.30. The van der Waals surface area contributed by atoms with E-state index in [1.165, 1.54) is 13.0 Å². The van der Waals surface area contributed by atoms with E-state index in [9.17, 15) is 14.9 Å². The molecule has 0 bridgehead atoms. The van der Waals surface area contributed by atoms with Gasteiger partial charge < -0.3 is 24.1 Å². The molecule has 0 spiro atoms. The molecule has 1 aliphatic rings. The molecule has 1 aromatic heterocycles. The van der Waals surface area contributed by atoms with Gasteiger partial charge in [0.15, 0.2) is 23.8 Å². The van der Waals surface area contributed by atoms with E-state index in [0.717, 1.165) is 19.4 Å². The number of carbonyl (C=O) groups excluding carboxylic acids is 1. The Bertz CT molecular complexity index is 948. The topological polar surface area (TPSA) is 126 Å². The maximum atomic E-state index is 12.0. The first-order valence-corrected chi connectivity index (χ1v) is 10.0. The molecule has 1 unspecified atom stereocenters. The van der Waals surface area contributed by atoms with E-state index in [4.69, 9.17) is 18.7 Å². The standard InChI is InChI=1S/C21H25N3O7/c1-3-28-19-11-15(7-9-18-21(24(26)27)14(2)23-31-18)6-8-17(19)30-13-20(25)22-12-16-5-4-10-29-16/h6-9,11,16H,3-5,10,12-13H2,1-2H3,(H,22,25). The van der Waals surface area contributed by atoms with Crippen LogP contribution in [0.3, 0.4) is 0 Å². The zero-order valence-corrected chi connectivity index (χ0v) is 17.5. The first-order valence-electron chi connectivity index (χ1n) is 10.0. The minimum Gasteiger partial charge on any atom is -0.490 e. The fourth-order valence-electron chi connectivity index (χ4n) is 3.13. The molecule has 3 rings (SSSR count). The highest BCUT2D eigenvalue weighted by atomic mass is 16.6. The lowest BCUT2D eigenvalue weighted by Gasteiger charge is -2.14. The van der Waals surface area contributed by atoms with Gasteiger partial charge in [0.05, 0.1) is 17.6 Å². The molecular weight excluding hydrogens is 406 g/mol. The molecule has 2 aromatic rings. The maximum Gasteiger partial charge on any atom is 0.338 e. The molecule has 2 heterocycles. The number of hydrogen-bond donors (Lipinski definition) is 1. The Morgan fingerprint density at radius 2 is 2.19 bits per heavy atom. The summed E-state index contributed by atoms with van der Waals surface area (Å²) < 4.78 is 21.7. The molecule has 31 heavy (non-hydrogen) atoms. The largest absolute Gasteiger partial charge is 0.490 e. The molecule has 166 valence electrons. The van der Waals surface area contributed by atoms with Crippen LogP contribution >= 0.6 is 0 Å². The molecule has 0 saturated carbocycles. The van der Waals surface area contributed by atoms with Gasteiger partial charge >= 0.3 is 5.69 Å². The molecule has 0 aliphatic carbocycles. The Labute approximate surface area is 179 Å². The Hall–Kier alpha value is -3.40. The van der Waals surface area contributed by atoms with Crippen molar-refractivity contribution < 1.29 is 28.5 Å². The van der Waals surface area contributed by atoms with Crippen molar-refractivity contribution in [2.75, 3.05) is 26.4 Å². The van der Waals surface area contributed by atoms with Crippen LogP contribution in [0.2, 0.25) is 0 Å². The molecule has 1 aromatic carbocycles. The molecule has 1 saturated heterocycles. The zero-order valence-electron chi connectivity index (χ0n) is 17.5. The number of carbonyl (C=O) groups is 1. The lowest BCUT2D eigenvalue weighted by molar-refractivity contribution is -0.386. The number of hydrogen-bond acceptors (Lipinski definition) is 8. The summed E-state index contributed by atoms with van der Waals surface area (Å²) in [4.78, 5) is 22.7. The molecule has 1 atom stereocenters. The maximum absolute atomic E-state index is 12.0. The summed E-state index contributed by atoms with van der Waals surface area (Å²) in [5, 5.41) is 17.6. The van der Waals surface area contributed by atoms with Gasteiger partial charge in [-0.05, 0) is 50.5 Å². The molecule has 10 heteroatoms. The Morgan fingerprint density at radius 3 is 2.90 bits per heavy atom. The van der Waals surface area contributed by atoms with Crippen LogP contribution in [0.1, 0.15) is 36.8 Å². The smallest absolute Gasteiger partial charge is 0.338 e. The van der Waals surface area contributed by atoms with Gasteiger partial charge in [-0.25, -0.2) is 0 Å². The number of amides is 1. The van der Waals surface area contributed by atoms with Crippen molar-refractivity contribution in [1.29, 1.82) is 0 Å². The molecule has 1 N–H and O–H groups in total. The van der Waals surface area contributed by atoms with Crippen LogP contribution in [0.5, 0.6) is 11.5 Å². The van der Waals surface area contributed by atoms with Crippen LogP contribution < -0.4 is 14.8 Å². The first-order chi connectivity index (χ1) is 15.0. The second kappa shape index (κ2) is 10.6. The summed E-state index contributed by atoms with van der Waals surface area (Å²) in [6, 6.07) is 5.14. The van der Waals surface area contributed by atoms with Gasteiger partial charge in [0.2, 0.25) is 5.76 Å². The summed E-state index contributed by atoms with van der Waals surface area (Å²) in [5.74, 6) is 0.700. The number of aryl methyl sites for hydroxylation is 1. The summed E-state index contributed by atoms with van der Waals surface area (Å²) in [6.45, 7) is 4.81. The predicted octanol–water partition coefficient (Wildman–Crippen LogP) is 3.13. The van der Waals surface area contributed by atoms with Crippen molar-refractivity contribution in [3.8, 4) is 11.5 Å². The zero-order chi connectivity index (χ0) is 22.2. The summed E-state index contributed by atoms with van der Waals surface area (Å²) in [6.07, 6.45) is 5.15. The van der Waals surface area contributed by atoms with Gasteiger partial charge in [0.25, 0.3) is 5.91 Å². The van der Waals surface area contributed by atoms with Gasteiger partial charge in [-0.1, -0.05) is 17.3 Å². The van der Waals surface area contributed by atoms with E-state index < -0.39 is 4.92 Å². The van der Waals surface area contributed by atoms with Crippen molar-refractivity contribution in [3.63, 3.8) is 0 Å². The lowest BCUT2D eigenvalue weighted by atomic mass is 10.1. The van der Waals surface area contributed by atoms with Crippen molar-refractivity contribution in [2.24, 2.45) is 0 Å². The first kappa shape index (κ1) is 22.3. The SMILES string of the molecule is CCOc1cc(C=Cc2onc(C)c2[N+](=O)[O-])ccc1OCC(=O)NCC1CCCO1. The molecule has 10 nitrogen and oxygen atoms in total. The highest BCUT2D eigenvalue weighted by Gasteiger charge is 2.22. The Morgan fingerprint density at radius 1 is 1.35 bits per heavy atom. The summed E-state index contributed by atoms with van der Waals surface area (Å²) in [7, 11) is 0. The van der Waals surface area contributed by atoms with Crippen molar-refractivity contribution in [2.45, 2.75) is 32.8 Å². The Balaban J connectivity index is 1.63. The van der Waals surface area contributed by atoms with Crippen molar-refractivity contribution in [1.82, 2.24) is 10.5 Å². The van der Waals surface area contributed by atoms with Crippen LogP contribution in [0, 0.1) is 17.0 Å². The van der Waals surface area contributed by atoms with E-state index >= 15 is 0 Å². The molecule has 1 aliphatic heterocycles. The van der Waals surface area contributed by atoms with E-state index in [0.29, 0.717) is 30.2 Å². The minimum absolute atomic E-state index is 0.0590. The number of nitrogens with one attached hydrogen (secondary N) is 1. The normalized spacial score (nSPS) is 15.9. The lowest BCUT2D eigenvalue weighted by Crippen LogP contribution is -2.35. The fourth-order valence-corrected chi connectivity index (χ4v) is 3.13. The van der Waals surface area contributed by atoms with Gasteiger partial charge in [-0.15, -0.1) is 0 Å². The third kappa shape index (κ3) is 6.05. The molecular formula is C21H25N3O7. The van der Waals surface area contributed by atoms with E-state index in [1.807, 2.05) is 6.92 Å². The number of aromatic nitrogens is 1. The van der Waals surface area contributed by atoms with E-state index in [2.05, 4.69) is 10.5 Å².